The van der Waals surface area contributed by atoms with Crippen LogP contribution in [0.5, 0.6) is 5.75 Å². The van der Waals surface area contributed by atoms with Gasteiger partial charge in [-0.05, 0) is 38.5 Å². The minimum atomic E-state index is -4.61. The molecule has 9 nitrogen and oxygen atoms in total. The summed E-state index contributed by atoms with van der Waals surface area (Å²) >= 11 is 0. The Morgan fingerprint density at radius 3 is 2.76 bits per heavy atom. The summed E-state index contributed by atoms with van der Waals surface area (Å²) < 4.78 is 53.4. The van der Waals surface area contributed by atoms with Gasteiger partial charge >= 0.3 is 6.18 Å². The molecule has 2 atom stereocenters. The largest absolute Gasteiger partial charge is 0.490 e. The first kappa shape index (κ1) is 25.8. The number of hydrogen-bond acceptors (Lipinski definition) is 7. The summed E-state index contributed by atoms with van der Waals surface area (Å²) in [7, 11) is 1.92. The van der Waals surface area contributed by atoms with Crippen LogP contribution in [0.15, 0.2) is 30.7 Å². The number of benzene rings is 1. The van der Waals surface area contributed by atoms with Crippen LogP contribution in [0.25, 0.3) is 11.0 Å². The molecule has 1 saturated carbocycles. The van der Waals surface area contributed by atoms with Crippen LogP contribution in [-0.4, -0.2) is 68.6 Å². The summed E-state index contributed by atoms with van der Waals surface area (Å²) in [6, 6.07) is 5.96. The molecule has 2 aromatic heterocycles. The Morgan fingerprint density at radius 1 is 1.22 bits per heavy atom. The molecule has 202 valence electrons. The number of aromatic nitrogens is 4. The highest BCUT2D eigenvalue weighted by atomic mass is 19.4. The fourth-order valence-electron chi connectivity index (χ4n) is 5.02. The maximum atomic E-state index is 12.5. The van der Waals surface area contributed by atoms with Crippen molar-refractivity contribution in [3.8, 4) is 5.75 Å². The number of halogens is 3. The fraction of sp³-hybridized carbons (Fsp3) is 0.600. The number of aliphatic hydroxyl groups is 1. The van der Waals surface area contributed by atoms with Crippen LogP contribution in [0.4, 0.5) is 24.7 Å². The summed E-state index contributed by atoms with van der Waals surface area (Å²) in [4.78, 5) is 4.54. The second-order valence-electron chi connectivity index (χ2n) is 9.93. The molecular formula is C25H33F3N6O3. The highest BCUT2D eigenvalue weighted by molar-refractivity contribution is 5.91. The lowest BCUT2D eigenvalue weighted by molar-refractivity contribution is -0.202. The molecular weight excluding hydrogens is 489 g/mol. The molecule has 1 aliphatic carbocycles. The number of aliphatic hydroxyl groups excluding tert-OH is 1. The number of anilines is 2. The number of hydrogen-bond donors (Lipinski definition) is 3. The zero-order chi connectivity index (χ0) is 26.0. The maximum absolute atomic E-state index is 12.5. The van der Waals surface area contributed by atoms with Gasteiger partial charge in [-0.2, -0.15) is 18.3 Å². The molecule has 0 amide bonds. The van der Waals surface area contributed by atoms with Gasteiger partial charge in [-0.1, -0.05) is 0 Å². The van der Waals surface area contributed by atoms with Crippen LogP contribution in [-0.2, 0) is 11.8 Å². The number of ether oxygens (including phenoxy) is 2. The third kappa shape index (κ3) is 6.19. The number of fused-ring (bicyclic) bond motifs is 1. The van der Waals surface area contributed by atoms with E-state index in [1.54, 1.807) is 6.33 Å². The van der Waals surface area contributed by atoms with Crippen LogP contribution in [0.2, 0.25) is 0 Å². The summed E-state index contributed by atoms with van der Waals surface area (Å²) in [5.74, 6) is 1.41. The zero-order valence-corrected chi connectivity index (χ0v) is 20.7. The maximum Gasteiger partial charge on any atom is 0.415 e. The summed E-state index contributed by atoms with van der Waals surface area (Å²) in [6.07, 6.45) is 1.54. The molecule has 1 saturated heterocycles. The van der Waals surface area contributed by atoms with Crippen molar-refractivity contribution in [1.29, 1.82) is 0 Å². The van der Waals surface area contributed by atoms with Crippen molar-refractivity contribution < 1.29 is 27.8 Å². The van der Waals surface area contributed by atoms with E-state index < -0.39 is 18.8 Å². The van der Waals surface area contributed by atoms with Gasteiger partial charge in [-0.15, -0.1) is 0 Å². The number of imidazole rings is 1. The molecule has 1 aliphatic heterocycles. The topological polar surface area (TPSA) is 98.4 Å². The van der Waals surface area contributed by atoms with E-state index in [0.717, 1.165) is 36.2 Å². The molecule has 5 rings (SSSR count). The average Bonchev–Trinajstić information content (AvgIpc) is 3.50. The van der Waals surface area contributed by atoms with Gasteiger partial charge in [-0.25, -0.2) is 4.98 Å². The molecule has 3 heterocycles. The number of rotatable bonds is 8. The van der Waals surface area contributed by atoms with E-state index in [1.165, 1.54) is 0 Å². The van der Waals surface area contributed by atoms with Crippen molar-refractivity contribution in [3.05, 3.63) is 30.7 Å². The SMILES string of the molecule is Cn1cnc2c(Nc3ccn(C4CCCOC4)n3)cc(O[C@H]3CC[C@@H](NC[C@@H](O)C(F)(F)F)CC3)cc21. The molecule has 3 aromatic rings. The monoisotopic (exact) mass is 522 g/mol. The standard InChI is InChI=1S/C25H33F3N6O3/c1-33-15-30-24-20(31-23-8-9-34(32-23)17-3-2-10-36-14-17)11-19(12-21(24)33)37-18-6-4-16(5-7-18)29-13-22(35)25(26,27)28/h8-9,11-12,15-18,22,29,35H,2-7,10,13-14H2,1H3,(H,31,32)/t16-,17?,18+,22-/m1/s1. The van der Waals surface area contributed by atoms with Crippen molar-refractivity contribution in [3.63, 3.8) is 0 Å². The number of nitrogens with zero attached hydrogens (tertiary/aromatic N) is 4. The van der Waals surface area contributed by atoms with Crippen LogP contribution in [0, 0.1) is 0 Å². The van der Waals surface area contributed by atoms with E-state index in [2.05, 4.69) is 15.6 Å². The number of aryl methyl sites for hydroxylation is 1. The lowest BCUT2D eigenvalue weighted by atomic mass is 9.93. The second-order valence-corrected chi connectivity index (χ2v) is 9.93. The predicted octanol–water partition coefficient (Wildman–Crippen LogP) is 4.07. The zero-order valence-electron chi connectivity index (χ0n) is 20.7. The Labute approximate surface area is 212 Å². The van der Waals surface area contributed by atoms with Gasteiger partial charge in [0.05, 0.1) is 36.3 Å². The van der Waals surface area contributed by atoms with E-state index in [9.17, 15) is 18.3 Å². The van der Waals surface area contributed by atoms with Crippen molar-refractivity contribution in [2.24, 2.45) is 7.05 Å². The van der Waals surface area contributed by atoms with E-state index >= 15 is 0 Å². The Bertz CT molecular complexity index is 1180. The molecule has 2 aliphatic rings. The first-order chi connectivity index (χ1) is 17.8. The minimum Gasteiger partial charge on any atom is -0.490 e. The van der Waals surface area contributed by atoms with Crippen molar-refractivity contribution >= 4 is 22.5 Å². The molecule has 0 bridgehead atoms. The predicted molar refractivity (Wildman–Crippen MR) is 132 cm³/mol. The van der Waals surface area contributed by atoms with E-state index in [1.807, 2.05) is 40.7 Å². The molecule has 3 N–H and O–H groups in total. The highest BCUT2D eigenvalue weighted by Crippen LogP contribution is 2.33. The summed E-state index contributed by atoms with van der Waals surface area (Å²) in [6.45, 7) is 0.970. The Balaban J connectivity index is 1.23. The van der Waals surface area contributed by atoms with Crippen molar-refractivity contribution in [2.75, 3.05) is 25.1 Å². The van der Waals surface area contributed by atoms with Gasteiger partial charge in [0, 0.05) is 50.6 Å². The quantitative estimate of drug-likeness (QED) is 0.410. The molecule has 0 radical (unpaired) electrons. The van der Waals surface area contributed by atoms with Gasteiger partial charge < -0.3 is 29.8 Å². The van der Waals surface area contributed by atoms with Gasteiger partial charge in [0.25, 0.3) is 0 Å². The molecule has 12 heteroatoms. The fourth-order valence-corrected chi connectivity index (χ4v) is 5.02. The normalized spacial score (nSPS) is 23.8. The third-order valence-electron chi connectivity index (χ3n) is 7.14. The van der Waals surface area contributed by atoms with Crippen molar-refractivity contribution in [2.45, 2.75) is 69.0 Å². The average molecular weight is 523 g/mol. The van der Waals surface area contributed by atoms with E-state index in [0.29, 0.717) is 43.9 Å². The Morgan fingerprint density at radius 2 is 2.03 bits per heavy atom. The molecule has 37 heavy (non-hydrogen) atoms. The minimum absolute atomic E-state index is 0.0466. The lowest BCUT2D eigenvalue weighted by Crippen LogP contribution is -2.44. The third-order valence-corrected chi connectivity index (χ3v) is 7.14. The first-order valence-corrected chi connectivity index (χ1v) is 12.8. The number of alkyl halides is 3. The van der Waals surface area contributed by atoms with Crippen molar-refractivity contribution in [1.82, 2.24) is 24.6 Å². The van der Waals surface area contributed by atoms with Gasteiger partial charge in [0.1, 0.15) is 11.3 Å². The van der Waals surface area contributed by atoms with Gasteiger partial charge in [-0.3, -0.25) is 4.68 Å². The molecule has 1 unspecified atom stereocenters. The van der Waals surface area contributed by atoms with Gasteiger partial charge in [0.15, 0.2) is 11.9 Å². The highest BCUT2D eigenvalue weighted by Gasteiger charge is 2.38. The first-order valence-electron chi connectivity index (χ1n) is 12.8. The second kappa shape index (κ2) is 10.9. The van der Waals surface area contributed by atoms with Crippen LogP contribution in [0.3, 0.4) is 0 Å². The Kier molecular flexibility index (Phi) is 7.59. The van der Waals surface area contributed by atoms with E-state index in [4.69, 9.17) is 14.6 Å². The van der Waals surface area contributed by atoms with Gasteiger partial charge in [0.2, 0.25) is 0 Å². The van der Waals surface area contributed by atoms with Crippen LogP contribution >= 0.6 is 0 Å². The molecule has 1 aromatic carbocycles. The smallest absolute Gasteiger partial charge is 0.415 e. The number of nitrogens with one attached hydrogen (secondary N) is 2. The van der Waals surface area contributed by atoms with E-state index in [-0.39, 0.29) is 18.2 Å². The molecule has 0 spiro atoms. The summed E-state index contributed by atoms with van der Waals surface area (Å²) in [5.41, 5.74) is 2.51. The van der Waals surface area contributed by atoms with Crippen LogP contribution in [0.1, 0.15) is 44.6 Å². The van der Waals surface area contributed by atoms with Crippen LogP contribution < -0.4 is 15.4 Å². The summed E-state index contributed by atoms with van der Waals surface area (Å²) in [5, 5.41) is 20.1. The molecule has 2 fully saturated rings. The lowest BCUT2D eigenvalue weighted by Gasteiger charge is -2.30. The Hall–Kier alpha value is -2.83.